The molecule has 0 spiro atoms. The first-order valence-electron chi connectivity index (χ1n) is 7.85. The van der Waals surface area contributed by atoms with Gasteiger partial charge in [-0.15, -0.1) is 16.8 Å². The molecule has 1 aromatic heterocycles. The van der Waals surface area contributed by atoms with Crippen LogP contribution in [-0.4, -0.2) is 32.0 Å². The van der Waals surface area contributed by atoms with E-state index in [2.05, 4.69) is 22.1 Å². The average molecular weight is 363 g/mol. The van der Waals surface area contributed by atoms with E-state index < -0.39 is 0 Å². The Morgan fingerprint density at radius 3 is 2.79 bits per heavy atom. The molecule has 1 unspecified atom stereocenters. The van der Waals surface area contributed by atoms with Gasteiger partial charge in [-0.25, -0.2) is 0 Å². The summed E-state index contributed by atoms with van der Waals surface area (Å²) in [6, 6.07) is 7.81. The van der Waals surface area contributed by atoms with Crippen LogP contribution in [0.3, 0.4) is 0 Å². The van der Waals surface area contributed by atoms with Crippen LogP contribution in [0.1, 0.15) is 19.8 Å². The predicted molar refractivity (Wildman–Crippen MR) is 97.1 cm³/mol. The molecule has 7 heteroatoms. The first kappa shape index (κ1) is 17.0. The number of nitrogens with zero attached hydrogens (tertiary/aromatic N) is 3. The van der Waals surface area contributed by atoms with Gasteiger partial charge >= 0.3 is 0 Å². The summed E-state index contributed by atoms with van der Waals surface area (Å²) in [5.74, 6) is 0.785. The number of benzene rings is 1. The Balaban J connectivity index is 1.81. The summed E-state index contributed by atoms with van der Waals surface area (Å²) in [5, 5.41) is 12.7. The fourth-order valence-electron chi connectivity index (χ4n) is 2.24. The first-order valence-corrected chi connectivity index (χ1v) is 9.11. The molecule has 2 aromatic rings. The van der Waals surface area contributed by atoms with E-state index in [1.54, 1.807) is 6.08 Å². The fourth-order valence-corrected chi connectivity index (χ4v) is 3.23. The number of carbonyl (C=O) groups is 1. The molecule has 126 valence electrons. The van der Waals surface area contributed by atoms with Crippen molar-refractivity contribution < 1.29 is 4.79 Å². The fraction of sp³-hybridized carbons (Fsp3) is 0.353. The molecule has 0 radical (unpaired) electrons. The Bertz CT molecular complexity index is 740. The molecule has 1 aliphatic rings. The van der Waals surface area contributed by atoms with E-state index in [4.69, 9.17) is 11.6 Å². The highest BCUT2D eigenvalue weighted by Crippen LogP contribution is 2.28. The molecular formula is C17H19ClN4OS. The number of amides is 1. The quantitative estimate of drug-likeness (QED) is 0.604. The number of rotatable bonds is 7. The van der Waals surface area contributed by atoms with E-state index in [0.717, 1.165) is 24.2 Å². The third kappa shape index (κ3) is 3.99. The minimum Gasteiger partial charge on any atom is -0.352 e. The SMILES string of the molecule is C=CCn1c(SC(C)C(=O)NC2CC2)nnc1-c1ccc(Cl)cc1. The topological polar surface area (TPSA) is 59.8 Å². The van der Waals surface area contributed by atoms with E-state index in [-0.39, 0.29) is 11.2 Å². The lowest BCUT2D eigenvalue weighted by Crippen LogP contribution is -2.32. The van der Waals surface area contributed by atoms with Crippen LogP contribution >= 0.6 is 23.4 Å². The molecule has 1 N–H and O–H groups in total. The molecule has 1 atom stereocenters. The number of allylic oxidation sites excluding steroid dienone is 1. The Morgan fingerprint density at radius 1 is 1.46 bits per heavy atom. The lowest BCUT2D eigenvalue weighted by Gasteiger charge is -2.12. The van der Waals surface area contributed by atoms with Gasteiger partial charge in [-0.1, -0.05) is 29.4 Å². The summed E-state index contributed by atoms with van der Waals surface area (Å²) in [6.07, 6.45) is 3.95. The third-order valence-corrected chi connectivity index (χ3v) is 5.04. The molecule has 0 bridgehead atoms. The largest absolute Gasteiger partial charge is 0.352 e. The van der Waals surface area contributed by atoms with E-state index in [9.17, 15) is 4.79 Å². The van der Waals surface area contributed by atoms with Gasteiger partial charge in [0.05, 0.1) is 5.25 Å². The number of thioether (sulfide) groups is 1. The van der Waals surface area contributed by atoms with Crippen molar-refractivity contribution in [2.75, 3.05) is 0 Å². The lowest BCUT2D eigenvalue weighted by atomic mass is 10.2. The third-order valence-electron chi connectivity index (χ3n) is 3.71. The molecule has 5 nitrogen and oxygen atoms in total. The lowest BCUT2D eigenvalue weighted by molar-refractivity contribution is -0.120. The Hall–Kier alpha value is -1.79. The van der Waals surface area contributed by atoms with Gasteiger partial charge < -0.3 is 5.32 Å². The number of aromatic nitrogens is 3. The zero-order chi connectivity index (χ0) is 17.1. The summed E-state index contributed by atoms with van der Waals surface area (Å²) < 4.78 is 1.96. The molecule has 1 amide bonds. The van der Waals surface area contributed by atoms with Crippen molar-refractivity contribution in [2.45, 2.75) is 42.8 Å². The molecule has 1 fully saturated rings. The van der Waals surface area contributed by atoms with E-state index in [1.807, 2.05) is 35.8 Å². The zero-order valence-corrected chi connectivity index (χ0v) is 15.0. The highest BCUT2D eigenvalue weighted by Gasteiger charge is 2.27. The van der Waals surface area contributed by atoms with Gasteiger partial charge in [0.2, 0.25) is 5.91 Å². The van der Waals surface area contributed by atoms with Crippen LogP contribution in [0.5, 0.6) is 0 Å². The standard InChI is InChI=1S/C17H19ClN4OS/c1-3-10-22-15(12-4-6-13(18)7-5-12)20-21-17(22)24-11(2)16(23)19-14-8-9-14/h3-7,11,14H,1,8-10H2,2H3,(H,19,23). The maximum absolute atomic E-state index is 12.2. The second-order valence-corrected chi connectivity index (χ2v) is 7.50. The monoisotopic (exact) mass is 362 g/mol. The Kier molecular flexibility index (Phi) is 5.26. The predicted octanol–water partition coefficient (Wildman–Crippen LogP) is 3.54. The highest BCUT2D eigenvalue weighted by atomic mass is 35.5. The van der Waals surface area contributed by atoms with E-state index in [1.165, 1.54) is 11.8 Å². The van der Waals surface area contributed by atoms with Crippen LogP contribution in [0.4, 0.5) is 0 Å². The highest BCUT2D eigenvalue weighted by molar-refractivity contribution is 8.00. The van der Waals surface area contributed by atoms with Crippen molar-refractivity contribution >= 4 is 29.3 Å². The Morgan fingerprint density at radius 2 is 2.17 bits per heavy atom. The summed E-state index contributed by atoms with van der Waals surface area (Å²) in [5.41, 5.74) is 0.927. The summed E-state index contributed by atoms with van der Waals surface area (Å²) in [7, 11) is 0. The van der Waals surface area contributed by atoms with Gasteiger partial charge in [0.15, 0.2) is 11.0 Å². The van der Waals surface area contributed by atoms with Gasteiger partial charge in [-0.3, -0.25) is 9.36 Å². The first-order chi connectivity index (χ1) is 11.6. The van der Waals surface area contributed by atoms with Crippen molar-refractivity contribution in [1.29, 1.82) is 0 Å². The van der Waals surface area contributed by atoms with Crippen molar-refractivity contribution in [3.8, 4) is 11.4 Å². The number of carbonyl (C=O) groups excluding carboxylic acids is 1. The van der Waals surface area contributed by atoms with Crippen molar-refractivity contribution in [3.63, 3.8) is 0 Å². The molecular weight excluding hydrogens is 344 g/mol. The van der Waals surface area contributed by atoms with E-state index in [0.29, 0.717) is 22.8 Å². The number of nitrogens with one attached hydrogen (secondary N) is 1. The van der Waals surface area contributed by atoms with Crippen LogP contribution in [-0.2, 0) is 11.3 Å². The maximum Gasteiger partial charge on any atom is 0.233 e. The molecule has 0 aliphatic heterocycles. The summed E-state index contributed by atoms with van der Waals surface area (Å²) >= 11 is 7.36. The summed E-state index contributed by atoms with van der Waals surface area (Å²) in [6.45, 7) is 6.26. The van der Waals surface area contributed by atoms with Gasteiger partial charge in [0.25, 0.3) is 0 Å². The molecule has 0 saturated heterocycles. The molecule has 1 aliphatic carbocycles. The normalized spacial score (nSPS) is 15.1. The van der Waals surface area contributed by atoms with Gasteiger partial charge in [-0.2, -0.15) is 0 Å². The second kappa shape index (κ2) is 7.40. The van der Waals surface area contributed by atoms with Gasteiger partial charge in [-0.05, 0) is 44.0 Å². The number of halogens is 1. The van der Waals surface area contributed by atoms with Crippen LogP contribution in [0.15, 0.2) is 42.1 Å². The van der Waals surface area contributed by atoms with Crippen LogP contribution in [0, 0.1) is 0 Å². The van der Waals surface area contributed by atoms with Crippen molar-refractivity contribution in [1.82, 2.24) is 20.1 Å². The van der Waals surface area contributed by atoms with Crippen LogP contribution in [0.25, 0.3) is 11.4 Å². The second-order valence-electron chi connectivity index (χ2n) is 5.76. The molecule has 1 heterocycles. The number of hydrogen-bond donors (Lipinski definition) is 1. The number of hydrogen-bond acceptors (Lipinski definition) is 4. The maximum atomic E-state index is 12.2. The minimum atomic E-state index is -0.226. The van der Waals surface area contributed by atoms with E-state index >= 15 is 0 Å². The molecule has 1 saturated carbocycles. The van der Waals surface area contributed by atoms with Crippen molar-refractivity contribution in [2.24, 2.45) is 0 Å². The minimum absolute atomic E-state index is 0.0451. The Labute approximate surface area is 150 Å². The molecule has 1 aromatic carbocycles. The van der Waals surface area contributed by atoms with Crippen LogP contribution < -0.4 is 5.32 Å². The van der Waals surface area contributed by atoms with Gasteiger partial charge in [0.1, 0.15) is 0 Å². The zero-order valence-electron chi connectivity index (χ0n) is 13.4. The smallest absolute Gasteiger partial charge is 0.233 e. The van der Waals surface area contributed by atoms with Crippen molar-refractivity contribution in [3.05, 3.63) is 41.9 Å². The average Bonchev–Trinajstić information content (AvgIpc) is 3.30. The molecule has 3 rings (SSSR count). The summed E-state index contributed by atoms with van der Waals surface area (Å²) in [4.78, 5) is 12.2. The van der Waals surface area contributed by atoms with Gasteiger partial charge in [0, 0.05) is 23.2 Å². The molecule has 24 heavy (non-hydrogen) atoms. The van der Waals surface area contributed by atoms with Crippen LogP contribution in [0.2, 0.25) is 5.02 Å².